The Kier molecular flexibility index (Phi) is 3.91. The fourth-order valence-corrected chi connectivity index (χ4v) is 1.47. The molecule has 2 aromatic rings. The molecular formula is C14H14N2O2. The van der Waals surface area contributed by atoms with Gasteiger partial charge < -0.3 is 9.47 Å². The summed E-state index contributed by atoms with van der Waals surface area (Å²) in [5, 5.41) is 8.31. The summed E-state index contributed by atoms with van der Waals surface area (Å²) in [5.41, 5.74) is 1.47. The summed E-state index contributed by atoms with van der Waals surface area (Å²) in [5.74, 6) is 1.50. The highest BCUT2D eigenvalue weighted by Gasteiger charge is 1.99. The fraction of sp³-hybridized carbons (Fsp3) is 0.143. The summed E-state index contributed by atoms with van der Waals surface area (Å²) in [6, 6.07) is 14.9. The largest absolute Gasteiger partial charge is 0.497 e. The van der Waals surface area contributed by atoms with Crippen LogP contribution >= 0.6 is 0 Å². The standard InChI is InChI=1S/C14H14N2O2/c1-17-12-9-7-11(8-10-12)15-16-13-5-3-4-6-14(13)18-2/h3-10H,1-2H3. The van der Waals surface area contributed by atoms with Crippen molar-refractivity contribution in [3.63, 3.8) is 0 Å². The van der Waals surface area contributed by atoms with Gasteiger partial charge in [0.25, 0.3) is 0 Å². The van der Waals surface area contributed by atoms with Crippen LogP contribution in [0.15, 0.2) is 58.8 Å². The Labute approximate surface area is 106 Å². The SMILES string of the molecule is COc1ccc(N=Nc2ccccc2OC)cc1. The summed E-state index contributed by atoms with van der Waals surface area (Å²) in [6.07, 6.45) is 0. The zero-order valence-electron chi connectivity index (χ0n) is 10.3. The van der Waals surface area contributed by atoms with Crippen LogP contribution in [0.1, 0.15) is 0 Å². The molecule has 0 aromatic heterocycles. The molecule has 0 radical (unpaired) electrons. The number of nitrogens with zero attached hydrogens (tertiary/aromatic N) is 2. The van der Waals surface area contributed by atoms with Gasteiger partial charge in [0.2, 0.25) is 0 Å². The summed E-state index contributed by atoms with van der Waals surface area (Å²) >= 11 is 0. The topological polar surface area (TPSA) is 43.2 Å². The van der Waals surface area contributed by atoms with Gasteiger partial charge in [-0.05, 0) is 36.4 Å². The minimum absolute atomic E-state index is 0.703. The average molecular weight is 242 g/mol. The molecule has 0 saturated carbocycles. The highest BCUT2D eigenvalue weighted by atomic mass is 16.5. The Hall–Kier alpha value is -2.36. The molecule has 0 bridgehead atoms. The van der Waals surface area contributed by atoms with E-state index in [9.17, 15) is 0 Å². The summed E-state index contributed by atoms with van der Waals surface area (Å²) in [7, 11) is 3.24. The third-order valence-corrected chi connectivity index (χ3v) is 2.43. The van der Waals surface area contributed by atoms with E-state index in [2.05, 4.69) is 10.2 Å². The molecule has 0 heterocycles. The number of ether oxygens (including phenoxy) is 2. The number of methoxy groups -OCH3 is 2. The Balaban J connectivity index is 2.19. The van der Waals surface area contributed by atoms with Gasteiger partial charge in [-0.1, -0.05) is 12.1 Å². The normalized spacial score (nSPS) is 10.6. The second-order valence-corrected chi connectivity index (χ2v) is 3.57. The van der Waals surface area contributed by atoms with E-state index in [1.807, 2.05) is 48.5 Å². The van der Waals surface area contributed by atoms with Crippen LogP contribution in [0.4, 0.5) is 11.4 Å². The maximum Gasteiger partial charge on any atom is 0.146 e. The van der Waals surface area contributed by atoms with E-state index < -0.39 is 0 Å². The van der Waals surface area contributed by atoms with Crippen LogP contribution in [0.25, 0.3) is 0 Å². The van der Waals surface area contributed by atoms with Gasteiger partial charge in [-0.3, -0.25) is 0 Å². The lowest BCUT2D eigenvalue weighted by Gasteiger charge is -2.02. The van der Waals surface area contributed by atoms with Crippen molar-refractivity contribution in [2.24, 2.45) is 10.2 Å². The molecule has 4 nitrogen and oxygen atoms in total. The summed E-state index contributed by atoms with van der Waals surface area (Å²) in [6.45, 7) is 0. The van der Waals surface area contributed by atoms with Gasteiger partial charge in [-0.15, -0.1) is 5.11 Å². The predicted molar refractivity (Wildman–Crippen MR) is 70.2 cm³/mol. The Morgan fingerprint density at radius 2 is 1.50 bits per heavy atom. The first kappa shape index (κ1) is 12.1. The predicted octanol–water partition coefficient (Wildman–Crippen LogP) is 4.12. The third-order valence-electron chi connectivity index (χ3n) is 2.43. The van der Waals surface area contributed by atoms with Crippen LogP contribution in [-0.4, -0.2) is 14.2 Å². The molecule has 0 aliphatic carbocycles. The van der Waals surface area contributed by atoms with E-state index in [0.717, 1.165) is 11.4 Å². The number of rotatable bonds is 4. The number of hydrogen-bond donors (Lipinski definition) is 0. The van der Waals surface area contributed by atoms with E-state index in [4.69, 9.17) is 9.47 Å². The average Bonchev–Trinajstić information content (AvgIpc) is 2.46. The van der Waals surface area contributed by atoms with Crippen LogP contribution in [0.3, 0.4) is 0 Å². The Bertz CT molecular complexity index is 536. The first-order chi connectivity index (χ1) is 8.83. The number of azo groups is 1. The van der Waals surface area contributed by atoms with Crippen molar-refractivity contribution in [2.75, 3.05) is 14.2 Å². The van der Waals surface area contributed by atoms with Gasteiger partial charge in [0.15, 0.2) is 0 Å². The van der Waals surface area contributed by atoms with Crippen molar-refractivity contribution in [1.82, 2.24) is 0 Å². The minimum atomic E-state index is 0.703. The highest BCUT2D eigenvalue weighted by molar-refractivity contribution is 5.51. The molecule has 92 valence electrons. The lowest BCUT2D eigenvalue weighted by Crippen LogP contribution is -1.81. The van der Waals surface area contributed by atoms with Crippen LogP contribution in [0.5, 0.6) is 11.5 Å². The van der Waals surface area contributed by atoms with E-state index in [1.54, 1.807) is 14.2 Å². The zero-order chi connectivity index (χ0) is 12.8. The number of benzene rings is 2. The van der Waals surface area contributed by atoms with E-state index in [1.165, 1.54) is 0 Å². The number of hydrogen-bond acceptors (Lipinski definition) is 4. The van der Waals surface area contributed by atoms with Crippen LogP contribution < -0.4 is 9.47 Å². The van der Waals surface area contributed by atoms with Crippen molar-refractivity contribution in [2.45, 2.75) is 0 Å². The van der Waals surface area contributed by atoms with Gasteiger partial charge >= 0.3 is 0 Å². The van der Waals surface area contributed by atoms with Crippen LogP contribution in [0.2, 0.25) is 0 Å². The molecule has 0 atom stereocenters. The van der Waals surface area contributed by atoms with Crippen LogP contribution in [0, 0.1) is 0 Å². The minimum Gasteiger partial charge on any atom is -0.497 e. The van der Waals surface area contributed by atoms with E-state index >= 15 is 0 Å². The molecule has 0 aliphatic rings. The lowest BCUT2D eigenvalue weighted by molar-refractivity contribution is 0.414. The smallest absolute Gasteiger partial charge is 0.146 e. The monoisotopic (exact) mass is 242 g/mol. The lowest BCUT2D eigenvalue weighted by atomic mass is 10.3. The summed E-state index contributed by atoms with van der Waals surface area (Å²) < 4.78 is 10.3. The Morgan fingerprint density at radius 3 is 2.17 bits per heavy atom. The van der Waals surface area contributed by atoms with Crippen molar-refractivity contribution in [3.8, 4) is 11.5 Å². The van der Waals surface area contributed by atoms with Crippen molar-refractivity contribution in [1.29, 1.82) is 0 Å². The molecule has 4 heteroatoms. The van der Waals surface area contributed by atoms with Crippen molar-refractivity contribution >= 4 is 11.4 Å². The van der Waals surface area contributed by atoms with Gasteiger partial charge in [-0.2, -0.15) is 5.11 Å². The molecular weight excluding hydrogens is 228 g/mol. The quantitative estimate of drug-likeness (QED) is 0.757. The highest BCUT2D eigenvalue weighted by Crippen LogP contribution is 2.28. The molecule has 0 aliphatic heterocycles. The van der Waals surface area contributed by atoms with E-state index in [0.29, 0.717) is 11.4 Å². The van der Waals surface area contributed by atoms with Crippen molar-refractivity contribution in [3.05, 3.63) is 48.5 Å². The molecule has 0 amide bonds. The van der Waals surface area contributed by atoms with Crippen LogP contribution in [-0.2, 0) is 0 Å². The maximum absolute atomic E-state index is 5.20. The molecule has 2 rings (SSSR count). The molecule has 0 saturated heterocycles. The van der Waals surface area contributed by atoms with Crippen molar-refractivity contribution < 1.29 is 9.47 Å². The van der Waals surface area contributed by atoms with Gasteiger partial charge in [0.05, 0.1) is 19.9 Å². The number of para-hydroxylation sites is 1. The first-order valence-corrected chi connectivity index (χ1v) is 5.52. The Morgan fingerprint density at radius 1 is 0.778 bits per heavy atom. The zero-order valence-corrected chi connectivity index (χ0v) is 10.3. The van der Waals surface area contributed by atoms with E-state index in [-0.39, 0.29) is 0 Å². The second kappa shape index (κ2) is 5.82. The molecule has 0 unspecified atom stereocenters. The van der Waals surface area contributed by atoms with Gasteiger partial charge in [-0.25, -0.2) is 0 Å². The summed E-state index contributed by atoms with van der Waals surface area (Å²) in [4.78, 5) is 0. The molecule has 2 aromatic carbocycles. The molecule has 0 N–H and O–H groups in total. The third kappa shape index (κ3) is 2.85. The molecule has 0 spiro atoms. The first-order valence-electron chi connectivity index (χ1n) is 5.52. The molecule has 18 heavy (non-hydrogen) atoms. The fourth-order valence-electron chi connectivity index (χ4n) is 1.47. The van der Waals surface area contributed by atoms with Gasteiger partial charge in [0, 0.05) is 0 Å². The van der Waals surface area contributed by atoms with Gasteiger partial charge in [0.1, 0.15) is 17.2 Å². The second-order valence-electron chi connectivity index (χ2n) is 3.57. The molecule has 0 fully saturated rings. The maximum atomic E-state index is 5.20.